The van der Waals surface area contributed by atoms with E-state index in [1.165, 1.54) is 0 Å². The topological polar surface area (TPSA) is 26.3 Å². The molecular formula is C11H14O2S. The molecule has 76 valence electrons. The summed E-state index contributed by atoms with van der Waals surface area (Å²) in [7, 11) is 0. The van der Waals surface area contributed by atoms with Gasteiger partial charge in [-0.2, -0.15) is 0 Å². The van der Waals surface area contributed by atoms with Crippen LogP contribution in [0.3, 0.4) is 0 Å². The van der Waals surface area contributed by atoms with Crippen molar-refractivity contribution < 1.29 is 8.39 Å². The van der Waals surface area contributed by atoms with E-state index in [1.54, 1.807) is 0 Å². The highest BCUT2D eigenvalue weighted by Crippen LogP contribution is 2.08. The smallest absolute Gasteiger partial charge is 0.189 e. The number of hydrogen-bond acceptors (Lipinski definition) is 2. The van der Waals surface area contributed by atoms with E-state index >= 15 is 0 Å². The molecule has 0 aliphatic carbocycles. The lowest BCUT2D eigenvalue weighted by Crippen LogP contribution is -1.97. The maximum atomic E-state index is 11.5. The molecule has 0 radical (unpaired) electrons. The summed E-state index contributed by atoms with van der Waals surface area (Å²) in [4.78, 5) is 0.708. The minimum Gasteiger partial charge on any atom is -0.283 e. The first-order valence-corrected chi connectivity index (χ1v) is 5.54. The quantitative estimate of drug-likeness (QED) is 0.714. The van der Waals surface area contributed by atoms with Crippen LogP contribution in [0.15, 0.2) is 41.3 Å². The molecule has 3 heteroatoms. The van der Waals surface area contributed by atoms with Crippen LogP contribution in [0, 0.1) is 6.92 Å². The lowest BCUT2D eigenvalue weighted by atomic mass is 10.2. The van der Waals surface area contributed by atoms with Crippen molar-refractivity contribution >= 4 is 11.1 Å². The van der Waals surface area contributed by atoms with Crippen LogP contribution in [0.5, 0.6) is 0 Å². The Bertz CT molecular complexity index is 328. The molecule has 1 rings (SSSR count). The first kappa shape index (κ1) is 11.1. The van der Waals surface area contributed by atoms with E-state index in [4.69, 9.17) is 4.18 Å². The highest BCUT2D eigenvalue weighted by atomic mass is 32.2. The molecule has 0 aromatic heterocycles. The molecule has 1 atom stereocenters. The van der Waals surface area contributed by atoms with Crippen LogP contribution in [0.1, 0.15) is 12.5 Å². The van der Waals surface area contributed by atoms with E-state index in [0.717, 1.165) is 5.56 Å². The molecule has 0 amide bonds. The number of allylic oxidation sites excluding steroid dienone is 1. The van der Waals surface area contributed by atoms with E-state index in [0.29, 0.717) is 11.5 Å². The van der Waals surface area contributed by atoms with Crippen molar-refractivity contribution in [2.75, 3.05) is 6.61 Å². The summed E-state index contributed by atoms with van der Waals surface area (Å²) in [6.45, 7) is 4.28. The Hall–Kier alpha value is -0.930. The summed E-state index contributed by atoms with van der Waals surface area (Å²) in [5.74, 6) is 0. The highest BCUT2D eigenvalue weighted by molar-refractivity contribution is 7.80. The Labute approximate surface area is 87.3 Å². The van der Waals surface area contributed by atoms with Crippen molar-refractivity contribution in [2.45, 2.75) is 18.7 Å². The summed E-state index contributed by atoms with van der Waals surface area (Å²) in [6, 6.07) is 7.49. The van der Waals surface area contributed by atoms with E-state index in [2.05, 4.69) is 0 Å². The molecule has 1 unspecified atom stereocenters. The predicted molar refractivity (Wildman–Crippen MR) is 58.4 cm³/mol. The molecule has 0 bridgehead atoms. The lowest BCUT2D eigenvalue weighted by molar-refractivity contribution is 0.394. The Kier molecular flexibility index (Phi) is 4.56. The normalized spacial score (nSPS) is 13.3. The molecule has 0 N–H and O–H groups in total. The van der Waals surface area contributed by atoms with Crippen LogP contribution >= 0.6 is 0 Å². The zero-order chi connectivity index (χ0) is 10.4. The zero-order valence-electron chi connectivity index (χ0n) is 8.40. The third-order valence-corrected chi connectivity index (χ3v) is 2.73. The largest absolute Gasteiger partial charge is 0.283 e. The van der Waals surface area contributed by atoms with Gasteiger partial charge in [0.05, 0.1) is 11.5 Å². The molecule has 0 spiro atoms. The van der Waals surface area contributed by atoms with Gasteiger partial charge >= 0.3 is 0 Å². The average Bonchev–Trinajstić information content (AvgIpc) is 2.19. The van der Waals surface area contributed by atoms with Crippen LogP contribution < -0.4 is 0 Å². The monoisotopic (exact) mass is 210 g/mol. The molecule has 0 saturated heterocycles. The third kappa shape index (κ3) is 3.44. The fourth-order valence-electron chi connectivity index (χ4n) is 0.915. The van der Waals surface area contributed by atoms with Crippen molar-refractivity contribution in [1.82, 2.24) is 0 Å². The first-order chi connectivity index (χ1) is 6.74. The van der Waals surface area contributed by atoms with Gasteiger partial charge in [-0.15, -0.1) is 0 Å². The van der Waals surface area contributed by atoms with Gasteiger partial charge in [0.15, 0.2) is 11.1 Å². The minimum absolute atomic E-state index is 0.386. The molecule has 14 heavy (non-hydrogen) atoms. The molecule has 1 aromatic rings. The van der Waals surface area contributed by atoms with Crippen molar-refractivity contribution in [3.63, 3.8) is 0 Å². The van der Waals surface area contributed by atoms with Gasteiger partial charge in [0.1, 0.15) is 0 Å². The molecule has 0 aliphatic heterocycles. The molecule has 1 aromatic carbocycles. The molecule has 0 saturated carbocycles. The van der Waals surface area contributed by atoms with Gasteiger partial charge in [-0.3, -0.25) is 4.18 Å². The predicted octanol–water partition coefficient (Wildman–Crippen LogP) is 2.61. The number of benzene rings is 1. The van der Waals surface area contributed by atoms with Gasteiger partial charge in [0.2, 0.25) is 0 Å². The highest BCUT2D eigenvalue weighted by Gasteiger charge is 2.01. The fourth-order valence-corrected chi connectivity index (χ4v) is 1.61. The van der Waals surface area contributed by atoms with Gasteiger partial charge in [0.25, 0.3) is 0 Å². The van der Waals surface area contributed by atoms with Gasteiger partial charge in [-0.05, 0) is 26.0 Å². The van der Waals surface area contributed by atoms with Crippen molar-refractivity contribution in [3.05, 3.63) is 42.0 Å². The Morgan fingerprint density at radius 1 is 1.36 bits per heavy atom. The maximum absolute atomic E-state index is 11.5. The van der Waals surface area contributed by atoms with Gasteiger partial charge in [-0.25, -0.2) is 4.21 Å². The third-order valence-electron chi connectivity index (χ3n) is 1.72. The molecule has 0 heterocycles. The Morgan fingerprint density at radius 2 is 2.00 bits per heavy atom. The van der Waals surface area contributed by atoms with Gasteiger partial charge in [-0.1, -0.05) is 29.8 Å². The summed E-state index contributed by atoms with van der Waals surface area (Å²) >= 11 is -1.34. The fraction of sp³-hybridized carbons (Fsp3) is 0.273. The van der Waals surface area contributed by atoms with Crippen LogP contribution in [-0.4, -0.2) is 10.8 Å². The van der Waals surface area contributed by atoms with E-state index in [-0.39, 0.29) is 0 Å². The molecule has 2 nitrogen and oxygen atoms in total. The average molecular weight is 210 g/mol. The second kappa shape index (κ2) is 5.73. The van der Waals surface area contributed by atoms with Crippen LogP contribution in [0.4, 0.5) is 0 Å². The molecule has 0 aliphatic rings. The minimum atomic E-state index is -1.34. The molecule has 0 fully saturated rings. The summed E-state index contributed by atoms with van der Waals surface area (Å²) < 4.78 is 16.6. The van der Waals surface area contributed by atoms with Gasteiger partial charge in [0, 0.05) is 0 Å². The van der Waals surface area contributed by atoms with Crippen LogP contribution in [0.2, 0.25) is 0 Å². The van der Waals surface area contributed by atoms with Crippen LogP contribution in [0.25, 0.3) is 0 Å². The maximum Gasteiger partial charge on any atom is 0.189 e. The number of hydrogen-bond donors (Lipinski definition) is 0. The Balaban J connectivity index is 2.56. The van der Waals surface area contributed by atoms with E-state index in [1.807, 2.05) is 50.3 Å². The second-order valence-electron chi connectivity index (χ2n) is 2.90. The first-order valence-electron chi connectivity index (χ1n) is 4.47. The number of aryl methyl sites for hydroxylation is 1. The summed E-state index contributed by atoms with van der Waals surface area (Å²) in [6.07, 6.45) is 3.69. The second-order valence-corrected chi connectivity index (χ2v) is 4.08. The van der Waals surface area contributed by atoms with Crippen molar-refractivity contribution in [1.29, 1.82) is 0 Å². The number of rotatable bonds is 4. The zero-order valence-corrected chi connectivity index (χ0v) is 9.21. The van der Waals surface area contributed by atoms with Gasteiger partial charge < -0.3 is 0 Å². The summed E-state index contributed by atoms with van der Waals surface area (Å²) in [5, 5.41) is 0. The van der Waals surface area contributed by atoms with E-state index < -0.39 is 11.1 Å². The SMILES string of the molecule is C/C=C/COS(=O)c1ccc(C)cc1. The molecular weight excluding hydrogens is 196 g/mol. The van der Waals surface area contributed by atoms with E-state index in [9.17, 15) is 4.21 Å². The Morgan fingerprint density at radius 3 is 2.57 bits per heavy atom. The van der Waals surface area contributed by atoms with Crippen molar-refractivity contribution in [2.24, 2.45) is 0 Å². The van der Waals surface area contributed by atoms with Crippen LogP contribution in [-0.2, 0) is 15.3 Å². The standard InChI is InChI=1S/C11H14O2S/c1-3-4-9-13-14(12)11-7-5-10(2)6-8-11/h3-8H,9H2,1-2H3/b4-3+. The van der Waals surface area contributed by atoms with Crippen molar-refractivity contribution in [3.8, 4) is 0 Å². The lowest BCUT2D eigenvalue weighted by Gasteiger charge is -2.00. The summed E-state index contributed by atoms with van der Waals surface area (Å²) in [5.41, 5.74) is 1.15.